The maximum Gasteiger partial charge on any atom is 0.0545 e. The maximum atomic E-state index is 3.67. The molecule has 0 radical (unpaired) electrons. The summed E-state index contributed by atoms with van der Waals surface area (Å²) in [7, 11) is 0. The first-order chi connectivity index (χ1) is 13.2. The summed E-state index contributed by atoms with van der Waals surface area (Å²) in [6.45, 7) is 0. The van der Waals surface area contributed by atoms with Gasteiger partial charge in [0.05, 0.1) is 18.1 Å². The van der Waals surface area contributed by atoms with E-state index in [4.69, 9.17) is 0 Å². The van der Waals surface area contributed by atoms with Crippen LogP contribution >= 0.6 is 67.1 Å². The van der Waals surface area contributed by atoms with Crippen LogP contribution in [0.25, 0.3) is 23.3 Å². The number of rotatable bonds is 2. The Morgan fingerprint density at radius 1 is 0.778 bits per heavy atom. The van der Waals surface area contributed by atoms with E-state index in [2.05, 4.69) is 92.6 Å². The Hall–Kier alpha value is -0.590. The van der Waals surface area contributed by atoms with E-state index in [1.54, 1.807) is 0 Å². The minimum atomic E-state index is 0.454. The molecular formula is C22H12Br2S3. The largest absolute Gasteiger partial charge is 0.106 e. The molecule has 0 saturated heterocycles. The molecule has 2 aliphatic carbocycles. The molecule has 0 saturated carbocycles. The fourth-order valence-electron chi connectivity index (χ4n) is 4.11. The molecule has 0 spiro atoms. The molecule has 0 N–H and O–H groups in total. The third-order valence-electron chi connectivity index (χ3n) is 5.22. The Labute approximate surface area is 186 Å². The van der Waals surface area contributed by atoms with Gasteiger partial charge in [0.15, 0.2) is 0 Å². The summed E-state index contributed by atoms with van der Waals surface area (Å²) in [5.41, 5.74) is 2.87. The van der Waals surface area contributed by atoms with Crippen molar-refractivity contribution in [1.29, 1.82) is 0 Å². The topological polar surface area (TPSA) is 0 Å². The number of hydrogen-bond acceptors (Lipinski definition) is 3. The summed E-state index contributed by atoms with van der Waals surface area (Å²) >= 11 is 13.0. The molecule has 27 heavy (non-hydrogen) atoms. The van der Waals surface area contributed by atoms with Crippen molar-refractivity contribution >= 4 is 90.4 Å². The van der Waals surface area contributed by atoms with Gasteiger partial charge in [-0.15, -0.1) is 23.5 Å². The lowest BCUT2D eigenvalue weighted by molar-refractivity contribution is 1.29. The highest BCUT2D eigenvalue weighted by molar-refractivity contribution is 9.14. The van der Waals surface area contributed by atoms with Crippen LogP contribution in [-0.4, -0.2) is 10.5 Å². The van der Waals surface area contributed by atoms with Crippen molar-refractivity contribution < 1.29 is 0 Å². The quantitative estimate of drug-likeness (QED) is 0.562. The van der Waals surface area contributed by atoms with Crippen molar-refractivity contribution in [2.45, 2.75) is 20.3 Å². The fourth-order valence-corrected chi connectivity index (χ4v) is 8.90. The lowest BCUT2D eigenvalue weighted by atomic mass is 10.2. The van der Waals surface area contributed by atoms with Crippen LogP contribution in [0.5, 0.6) is 0 Å². The zero-order valence-electron chi connectivity index (χ0n) is 13.9. The molecule has 132 valence electrons. The Bertz CT molecular complexity index is 1330. The van der Waals surface area contributed by atoms with Crippen molar-refractivity contribution in [3.05, 3.63) is 77.1 Å². The van der Waals surface area contributed by atoms with Crippen molar-refractivity contribution in [2.75, 3.05) is 0 Å². The highest BCUT2D eigenvalue weighted by Gasteiger charge is 2.27. The standard InChI is InChI=1S/C22H12Br2S3/c23-20-9-14-12-4-2-5-16(13(12)8-19(14)27-20)25-17-6-1-3-11-7-18-15(22(11)17)10-21(24)26-18/h1-10,18-19H. The van der Waals surface area contributed by atoms with Crippen molar-refractivity contribution in [3.8, 4) is 0 Å². The summed E-state index contributed by atoms with van der Waals surface area (Å²) in [6.07, 6.45) is 9.39. The Kier molecular flexibility index (Phi) is 4.14. The van der Waals surface area contributed by atoms with E-state index >= 15 is 0 Å². The van der Waals surface area contributed by atoms with Crippen molar-refractivity contribution in [2.24, 2.45) is 0 Å². The first-order valence-corrected chi connectivity index (χ1v) is 12.8. The van der Waals surface area contributed by atoms with Crippen LogP contribution in [0.3, 0.4) is 0 Å². The SMILES string of the molecule is BrC1=CC2=c3cccc(Sc4cccc5c4=C4C=C(Br)SC4C=5)c3=CC2S1. The van der Waals surface area contributed by atoms with E-state index < -0.39 is 0 Å². The molecular weight excluding hydrogens is 520 g/mol. The molecule has 2 heterocycles. The normalized spacial score (nSPS) is 23.9. The van der Waals surface area contributed by atoms with Gasteiger partial charge in [0.2, 0.25) is 0 Å². The van der Waals surface area contributed by atoms with Crippen molar-refractivity contribution in [1.82, 2.24) is 0 Å². The van der Waals surface area contributed by atoms with Gasteiger partial charge in [0, 0.05) is 15.0 Å². The number of thioether (sulfide) groups is 2. The monoisotopic (exact) mass is 530 g/mol. The van der Waals surface area contributed by atoms with Gasteiger partial charge in [0.25, 0.3) is 0 Å². The third-order valence-corrected chi connectivity index (χ3v) is 9.91. The number of benzene rings is 2. The first kappa shape index (κ1) is 17.3. The van der Waals surface area contributed by atoms with E-state index in [1.165, 1.54) is 49.4 Å². The summed E-state index contributed by atoms with van der Waals surface area (Å²) in [6, 6.07) is 13.4. The summed E-state index contributed by atoms with van der Waals surface area (Å²) in [5.74, 6) is 0. The minimum absolute atomic E-state index is 0.454. The lowest BCUT2D eigenvalue weighted by Gasteiger charge is -2.06. The third kappa shape index (κ3) is 2.73. The molecule has 4 aliphatic rings. The molecule has 2 aliphatic heterocycles. The van der Waals surface area contributed by atoms with Gasteiger partial charge in [0.1, 0.15) is 0 Å². The van der Waals surface area contributed by atoms with Crippen LogP contribution in [0.15, 0.2) is 66.0 Å². The molecule has 2 unspecified atom stereocenters. The highest BCUT2D eigenvalue weighted by atomic mass is 79.9. The van der Waals surface area contributed by atoms with Crippen LogP contribution < -0.4 is 20.9 Å². The second-order valence-corrected chi connectivity index (χ2v) is 13.0. The smallest absolute Gasteiger partial charge is 0.0545 e. The van der Waals surface area contributed by atoms with E-state index in [-0.39, 0.29) is 0 Å². The lowest BCUT2D eigenvalue weighted by Crippen LogP contribution is -2.27. The molecule has 0 fully saturated rings. The molecule has 0 nitrogen and oxygen atoms in total. The summed E-state index contributed by atoms with van der Waals surface area (Å²) in [5, 5.41) is 6.47. The van der Waals surface area contributed by atoms with Gasteiger partial charge < -0.3 is 0 Å². The predicted octanol–water partition coefficient (Wildman–Crippen LogP) is 4.43. The van der Waals surface area contributed by atoms with Crippen LogP contribution in [0, 0.1) is 0 Å². The van der Waals surface area contributed by atoms with Crippen LogP contribution in [0.4, 0.5) is 0 Å². The van der Waals surface area contributed by atoms with E-state index in [0.717, 1.165) is 0 Å². The Balaban J connectivity index is 1.54. The maximum absolute atomic E-state index is 3.67. The van der Waals surface area contributed by atoms with Gasteiger partial charge in [-0.05, 0) is 82.9 Å². The minimum Gasteiger partial charge on any atom is -0.106 e. The average molecular weight is 532 g/mol. The molecule has 2 aromatic carbocycles. The van der Waals surface area contributed by atoms with Gasteiger partial charge in [-0.3, -0.25) is 0 Å². The molecule has 6 rings (SSSR count). The summed E-state index contributed by atoms with van der Waals surface area (Å²) < 4.78 is 2.47. The number of hydrogen-bond donors (Lipinski definition) is 0. The first-order valence-electron chi connectivity index (χ1n) is 8.63. The Morgan fingerprint density at radius 3 is 2.33 bits per heavy atom. The van der Waals surface area contributed by atoms with Crippen LogP contribution in [0.2, 0.25) is 0 Å². The van der Waals surface area contributed by atoms with Gasteiger partial charge in [-0.25, -0.2) is 0 Å². The molecule has 0 amide bonds. The van der Waals surface area contributed by atoms with Crippen LogP contribution in [-0.2, 0) is 0 Å². The van der Waals surface area contributed by atoms with Gasteiger partial charge >= 0.3 is 0 Å². The number of halogens is 2. The number of allylic oxidation sites excluding steroid dienone is 2. The molecule has 5 heteroatoms. The van der Waals surface area contributed by atoms with Crippen molar-refractivity contribution in [3.63, 3.8) is 0 Å². The predicted molar refractivity (Wildman–Crippen MR) is 128 cm³/mol. The summed E-state index contributed by atoms with van der Waals surface area (Å²) in [4.78, 5) is 2.71. The molecule has 0 aromatic heterocycles. The molecule has 0 bridgehead atoms. The van der Waals surface area contributed by atoms with Gasteiger partial charge in [-0.1, -0.05) is 48.2 Å². The highest BCUT2D eigenvalue weighted by Crippen LogP contribution is 2.43. The fraction of sp³-hybridized carbons (Fsp3) is 0.0909. The molecule has 2 atom stereocenters. The van der Waals surface area contributed by atoms with E-state index in [9.17, 15) is 0 Å². The van der Waals surface area contributed by atoms with Crippen LogP contribution in [0.1, 0.15) is 0 Å². The van der Waals surface area contributed by atoms with Gasteiger partial charge in [-0.2, -0.15) is 0 Å². The zero-order chi connectivity index (χ0) is 18.1. The average Bonchev–Trinajstić information content (AvgIpc) is 3.34. The second kappa shape index (κ2) is 6.46. The Morgan fingerprint density at radius 2 is 1.48 bits per heavy atom. The number of fused-ring (bicyclic) bond motifs is 4. The second-order valence-electron chi connectivity index (χ2n) is 6.76. The van der Waals surface area contributed by atoms with E-state index in [1.807, 2.05) is 35.3 Å². The van der Waals surface area contributed by atoms with E-state index in [0.29, 0.717) is 10.5 Å². The zero-order valence-corrected chi connectivity index (χ0v) is 19.5. The molecule has 2 aromatic rings.